The lowest BCUT2D eigenvalue weighted by molar-refractivity contribution is -0.121. The molecule has 0 aliphatic carbocycles. The molecule has 7 heteroatoms. The molecule has 4 rings (SSSR count). The van der Waals surface area contributed by atoms with Gasteiger partial charge in [0, 0.05) is 0 Å². The molecule has 2 aromatic carbocycles. The summed E-state index contributed by atoms with van der Waals surface area (Å²) in [6.07, 6.45) is 0.385. The lowest BCUT2D eigenvalue weighted by Gasteiger charge is -2.23. The first-order chi connectivity index (χ1) is 12.9. The van der Waals surface area contributed by atoms with Gasteiger partial charge in [0.05, 0.1) is 34.2 Å². The molecule has 3 aromatic rings. The first kappa shape index (κ1) is 18.1. The monoisotopic (exact) mass is 400 g/mol. The van der Waals surface area contributed by atoms with Crippen LogP contribution in [0.5, 0.6) is 0 Å². The van der Waals surface area contributed by atoms with E-state index in [1.165, 1.54) is 11.3 Å². The lowest BCUT2D eigenvalue weighted by atomic mass is 10.1. The van der Waals surface area contributed by atoms with E-state index in [1.54, 1.807) is 4.90 Å². The van der Waals surface area contributed by atoms with Gasteiger partial charge in [-0.3, -0.25) is 9.69 Å². The Morgan fingerprint density at radius 3 is 2.63 bits per heavy atom. The summed E-state index contributed by atoms with van der Waals surface area (Å²) >= 11 is 1.47. The van der Waals surface area contributed by atoms with Crippen LogP contribution in [0.3, 0.4) is 0 Å². The number of aryl methyl sites for hydroxylation is 1. The number of carbonyl (C=O) groups excluding carboxylic acids is 1. The molecule has 0 N–H and O–H groups in total. The first-order valence-electron chi connectivity index (χ1n) is 8.85. The molecule has 5 nitrogen and oxygen atoms in total. The van der Waals surface area contributed by atoms with Crippen molar-refractivity contribution in [2.24, 2.45) is 5.92 Å². The Bertz CT molecular complexity index is 1090. The highest BCUT2D eigenvalue weighted by Crippen LogP contribution is 2.33. The van der Waals surface area contributed by atoms with Crippen LogP contribution in [-0.2, 0) is 21.2 Å². The third kappa shape index (κ3) is 3.75. The van der Waals surface area contributed by atoms with E-state index in [-0.39, 0.29) is 17.4 Å². The predicted molar refractivity (Wildman–Crippen MR) is 109 cm³/mol. The molecule has 1 aromatic heterocycles. The number of aromatic nitrogens is 1. The second kappa shape index (κ2) is 7.05. The summed E-state index contributed by atoms with van der Waals surface area (Å²) in [5, 5.41) is 0.623. The van der Waals surface area contributed by atoms with Crippen molar-refractivity contribution in [3.8, 4) is 0 Å². The molecule has 2 heterocycles. The molecule has 0 saturated carbocycles. The summed E-state index contributed by atoms with van der Waals surface area (Å²) in [5.74, 6) is -0.633. The molecular formula is C20H20N2O3S2. The van der Waals surface area contributed by atoms with Crippen molar-refractivity contribution in [2.75, 3.05) is 16.4 Å². The zero-order valence-corrected chi connectivity index (χ0v) is 16.6. The molecule has 27 heavy (non-hydrogen) atoms. The van der Waals surface area contributed by atoms with Gasteiger partial charge in [0.25, 0.3) is 0 Å². The van der Waals surface area contributed by atoms with E-state index in [1.807, 2.05) is 55.5 Å². The van der Waals surface area contributed by atoms with Crippen LogP contribution in [-0.4, -0.2) is 30.8 Å². The highest BCUT2D eigenvalue weighted by atomic mass is 32.2. The van der Waals surface area contributed by atoms with Crippen molar-refractivity contribution in [1.82, 2.24) is 4.98 Å². The molecule has 1 aliphatic heterocycles. The molecule has 1 saturated heterocycles. The minimum Gasteiger partial charge on any atom is -0.283 e. The Kier molecular flexibility index (Phi) is 4.74. The zero-order valence-electron chi connectivity index (χ0n) is 15.0. The van der Waals surface area contributed by atoms with Gasteiger partial charge < -0.3 is 0 Å². The van der Waals surface area contributed by atoms with Crippen molar-refractivity contribution in [3.05, 3.63) is 59.7 Å². The van der Waals surface area contributed by atoms with Gasteiger partial charge in [0.15, 0.2) is 15.0 Å². The van der Waals surface area contributed by atoms with Crippen LogP contribution in [0.15, 0.2) is 48.5 Å². The molecule has 1 atom stereocenters. The predicted octanol–water partition coefficient (Wildman–Crippen LogP) is 3.57. The van der Waals surface area contributed by atoms with E-state index in [0.29, 0.717) is 18.1 Å². The molecule has 1 aliphatic rings. The maximum absolute atomic E-state index is 13.2. The normalized spacial score (nSPS) is 18.6. The van der Waals surface area contributed by atoms with Gasteiger partial charge in [0.1, 0.15) is 0 Å². The fourth-order valence-corrected chi connectivity index (χ4v) is 6.19. The number of rotatable bonds is 4. The third-order valence-corrected chi connectivity index (χ3v) is 7.68. The highest BCUT2D eigenvalue weighted by molar-refractivity contribution is 7.91. The number of carbonyl (C=O) groups is 1. The summed E-state index contributed by atoms with van der Waals surface area (Å²) in [4.78, 5) is 19.6. The van der Waals surface area contributed by atoms with Gasteiger partial charge in [-0.1, -0.05) is 53.8 Å². The fourth-order valence-electron chi connectivity index (χ4n) is 3.41. The Labute approximate surface area is 162 Å². The van der Waals surface area contributed by atoms with Crippen LogP contribution in [0.4, 0.5) is 5.13 Å². The Morgan fingerprint density at radius 1 is 1.19 bits per heavy atom. The second-order valence-corrected chi connectivity index (χ2v) is 10.2. The number of anilines is 1. The summed E-state index contributed by atoms with van der Waals surface area (Å²) in [6.45, 7) is 2.38. The minimum atomic E-state index is -3.12. The van der Waals surface area contributed by atoms with E-state index in [4.69, 9.17) is 4.98 Å². The topological polar surface area (TPSA) is 67.3 Å². The molecule has 1 unspecified atom stereocenters. The van der Waals surface area contributed by atoms with Gasteiger partial charge >= 0.3 is 0 Å². The molecule has 140 valence electrons. The molecule has 0 bridgehead atoms. The van der Waals surface area contributed by atoms with Crippen LogP contribution in [0.25, 0.3) is 10.2 Å². The number of thiazole rings is 1. The molecule has 0 spiro atoms. The van der Waals surface area contributed by atoms with E-state index in [0.717, 1.165) is 21.3 Å². The van der Waals surface area contributed by atoms with Gasteiger partial charge in [0.2, 0.25) is 5.91 Å². The number of hydrogen-bond donors (Lipinski definition) is 0. The average molecular weight is 401 g/mol. The number of para-hydroxylation sites is 1. The summed E-state index contributed by atoms with van der Waals surface area (Å²) in [5.41, 5.74) is 2.94. The van der Waals surface area contributed by atoms with E-state index >= 15 is 0 Å². The standard InChI is InChI=1S/C20H20N2O3S2/c1-14-6-5-9-17-18(14)21-20(26-17)22(12-15-7-3-2-4-8-15)19(23)16-10-11-27(24,25)13-16/h2-9,16H,10-13H2,1H3. The SMILES string of the molecule is Cc1cccc2sc(N(Cc3ccccc3)C(=O)C3CCS(=O)(=O)C3)nc12. The van der Waals surface area contributed by atoms with Gasteiger partial charge in [-0.05, 0) is 30.5 Å². The van der Waals surface area contributed by atoms with Gasteiger partial charge in [-0.2, -0.15) is 0 Å². The van der Waals surface area contributed by atoms with Crippen LogP contribution in [0, 0.1) is 12.8 Å². The minimum absolute atomic E-state index is 0.0684. The van der Waals surface area contributed by atoms with Crippen molar-refractivity contribution in [3.63, 3.8) is 0 Å². The summed E-state index contributed by atoms with van der Waals surface area (Å²) in [6, 6.07) is 15.7. The summed E-state index contributed by atoms with van der Waals surface area (Å²) in [7, 11) is -3.12. The van der Waals surface area contributed by atoms with E-state index in [9.17, 15) is 13.2 Å². The average Bonchev–Trinajstić information content (AvgIpc) is 3.24. The largest absolute Gasteiger partial charge is 0.283 e. The Hall–Kier alpha value is -2.25. The molecular weight excluding hydrogens is 380 g/mol. The third-order valence-electron chi connectivity index (χ3n) is 4.87. The maximum Gasteiger partial charge on any atom is 0.233 e. The number of fused-ring (bicyclic) bond motifs is 1. The van der Waals surface area contributed by atoms with Crippen LogP contribution < -0.4 is 4.90 Å². The van der Waals surface area contributed by atoms with E-state index < -0.39 is 15.8 Å². The Morgan fingerprint density at radius 2 is 1.96 bits per heavy atom. The number of amides is 1. The van der Waals surface area contributed by atoms with Crippen LogP contribution in [0.2, 0.25) is 0 Å². The molecule has 0 radical (unpaired) electrons. The second-order valence-electron chi connectivity index (χ2n) is 6.93. The van der Waals surface area contributed by atoms with Crippen molar-refractivity contribution in [1.29, 1.82) is 0 Å². The van der Waals surface area contributed by atoms with E-state index in [2.05, 4.69) is 0 Å². The first-order valence-corrected chi connectivity index (χ1v) is 11.5. The van der Waals surface area contributed by atoms with Crippen molar-refractivity contribution >= 4 is 42.4 Å². The summed E-state index contributed by atoms with van der Waals surface area (Å²) < 4.78 is 24.8. The lowest BCUT2D eigenvalue weighted by Crippen LogP contribution is -2.36. The van der Waals surface area contributed by atoms with Crippen LogP contribution in [0.1, 0.15) is 17.5 Å². The highest BCUT2D eigenvalue weighted by Gasteiger charge is 2.36. The number of sulfone groups is 1. The number of hydrogen-bond acceptors (Lipinski definition) is 5. The number of nitrogens with zero attached hydrogens (tertiary/aromatic N) is 2. The fraction of sp³-hybridized carbons (Fsp3) is 0.300. The molecule has 1 amide bonds. The number of benzene rings is 2. The zero-order chi connectivity index (χ0) is 19.0. The van der Waals surface area contributed by atoms with Crippen molar-refractivity contribution < 1.29 is 13.2 Å². The van der Waals surface area contributed by atoms with Gasteiger partial charge in [-0.15, -0.1) is 0 Å². The quantitative estimate of drug-likeness (QED) is 0.671. The van der Waals surface area contributed by atoms with Gasteiger partial charge in [-0.25, -0.2) is 13.4 Å². The van der Waals surface area contributed by atoms with Crippen molar-refractivity contribution in [2.45, 2.75) is 19.9 Å². The van der Waals surface area contributed by atoms with Crippen LogP contribution >= 0.6 is 11.3 Å². The molecule has 1 fully saturated rings. The maximum atomic E-state index is 13.2. The Balaban J connectivity index is 1.73. The smallest absolute Gasteiger partial charge is 0.233 e.